The zero-order valence-electron chi connectivity index (χ0n) is 20.5. The molecule has 1 aliphatic heterocycles. The molecule has 0 unspecified atom stereocenters. The molecule has 0 radical (unpaired) electrons. The molecular formula is C29H32N2O4. The third-order valence-electron chi connectivity index (χ3n) is 7.20. The van der Waals surface area contributed by atoms with Crippen molar-refractivity contribution < 1.29 is 19.1 Å². The van der Waals surface area contributed by atoms with E-state index >= 15 is 0 Å². The number of anilines is 1. The first-order chi connectivity index (χ1) is 17.0. The molecule has 182 valence electrons. The molecule has 6 heteroatoms. The number of carbonyl (C=O) groups excluding carboxylic acids is 2. The fourth-order valence-corrected chi connectivity index (χ4v) is 4.70. The Hall–Kier alpha value is -3.54. The summed E-state index contributed by atoms with van der Waals surface area (Å²) in [7, 11) is 1.65. The minimum Gasteiger partial charge on any atom is -0.496 e. The second-order valence-electron chi connectivity index (χ2n) is 9.57. The van der Waals surface area contributed by atoms with Gasteiger partial charge in [0.2, 0.25) is 5.91 Å². The normalized spacial score (nSPS) is 18.4. The van der Waals surface area contributed by atoms with Crippen molar-refractivity contribution in [1.82, 2.24) is 5.32 Å². The summed E-state index contributed by atoms with van der Waals surface area (Å²) in [6, 6.07) is 17.4. The number of fused-ring (bicyclic) bond motifs is 2. The second-order valence-corrected chi connectivity index (χ2v) is 9.57. The lowest BCUT2D eigenvalue weighted by molar-refractivity contribution is -0.130. The Morgan fingerprint density at radius 2 is 1.97 bits per heavy atom. The zero-order valence-corrected chi connectivity index (χ0v) is 20.5. The Bertz CT molecular complexity index is 1270. The van der Waals surface area contributed by atoms with E-state index in [0.717, 1.165) is 22.1 Å². The van der Waals surface area contributed by atoms with Gasteiger partial charge in [0.1, 0.15) is 24.1 Å². The van der Waals surface area contributed by atoms with Crippen molar-refractivity contribution in [3.63, 3.8) is 0 Å². The summed E-state index contributed by atoms with van der Waals surface area (Å²) in [5.74, 6) is 1.50. The van der Waals surface area contributed by atoms with Crippen molar-refractivity contribution in [1.29, 1.82) is 0 Å². The maximum atomic E-state index is 13.8. The van der Waals surface area contributed by atoms with Crippen LogP contribution in [0.5, 0.6) is 11.5 Å². The number of para-hydroxylation sites is 2. The molecule has 1 saturated carbocycles. The average molecular weight is 473 g/mol. The highest BCUT2D eigenvalue weighted by molar-refractivity contribution is 6.02. The second kappa shape index (κ2) is 9.61. The van der Waals surface area contributed by atoms with Gasteiger partial charge in [-0.05, 0) is 59.7 Å². The fourth-order valence-electron chi connectivity index (χ4n) is 4.70. The number of carbonyl (C=O) groups is 2. The third-order valence-corrected chi connectivity index (χ3v) is 7.20. The van der Waals surface area contributed by atoms with Crippen LogP contribution in [0.15, 0.2) is 54.6 Å². The highest BCUT2D eigenvalue weighted by Gasteiger charge is 2.34. The molecule has 0 spiro atoms. The molecule has 1 fully saturated rings. The molecule has 0 saturated heterocycles. The highest BCUT2D eigenvalue weighted by Crippen LogP contribution is 2.42. The minimum atomic E-state index is -0.772. The maximum Gasteiger partial charge on any atom is 0.253 e. The molecule has 2 atom stereocenters. The molecule has 3 aromatic carbocycles. The van der Waals surface area contributed by atoms with Crippen molar-refractivity contribution >= 4 is 28.3 Å². The van der Waals surface area contributed by atoms with Gasteiger partial charge in [0.15, 0.2) is 0 Å². The van der Waals surface area contributed by atoms with Gasteiger partial charge in [0.25, 0.3) is 5.91 Å². The molecule has 5 rings (SSSR count). The number of ether oxygens (including phenoxy) is 2. The van der Waals surface area contributed by atoms with E-state index in [1.54, 1.807) is 12.0 Å². The number of methoxy groups -OCH3 is 1. The first-order valence-corrected chi connectivity index (χ1v) is 12.4. The Balaban J connectivity index is 1.54. The minimum absolute atomic E-state index is 0.0892. The molecule has 2 amide bonds. The van der Waals surface area contributed by atoms with E-state index in [0.29, 0.717) is 30.3 Å². The Kier molecular flexibility index (Phi) is 6.37. The van der Waals surface area contributed by atoms with Crippen molar-refractivity contribution in [3.8, 4) is 11.5 Å². The van der Waals surface area contributed by atoms with E-state index in [1.807, 2.05) is 44.2 Å². The van der Waals surface area contributed by atoms with Crippen molar-refractivity contribution in [2.75, 3.05) is 18.6 Å². The van der Waals surface area contributed by atoms with Crippen LogP contribution < -0.4 is 19.7 Å². The van der Waals surface area contributed by atoms with Gasteiger partial charge in [-0.1, -0.05) is 50.2 Å². The number of nitrogens with one attached hydrogen (secondary N) is 1. The van der Waals surface area contributed by atoms with Crippen LogP contribution in [0, 0.1) is 5.92 Å². The smallest absolute Gasteiger partial charge is 0.253 e. The standard InChI is InChI=1S/C29H32N2O4/c1-4-18(2)28(32)30-24-17-35-27-8-6-5-7-25(27)31(29(24)33)16-23-22-13-11-20(19-9-10-19)15-21(22)12-14-26(23)34-3/h5-8,11-15,18-19,24H,4,9-10,16-17H2,1-3H3,(H,30,32)/t18-,24+/m1/s1. The van der Waals surface area contributed by atoms with Gasteiger partial charge in [0, 0.05) is 11.5 Å². The summed E-state index contributed by atoms with van der Waals surface area (Å²) in [5, 5.41) is 5.11. The Morgan fingerprint density at radius 3 is 2.71 bits per heavy atom. The van der Waals surface area contributed by atoms with Crippen LogP contribution >= 0.6 is 0 Å². The van der Waals surface area contributed by atoms with E-state index in [2.05, 4.69) is 29.6 Å². The number of amides is 2. The molecule has 1 heterocycles. The summed E-state index contributed by atoms with van der Waals surface area (Å²) in [6.07, 6.45) is 3.20. The SMILES string of the molecule is CC[C@@H](C)C(=O)N[C@H]1COc2ccccc2N(Cc2c(OC)ccc3cc(C4CC4)ccc23)C1=O. The fraction of sp³-hybridized carbons (Fsp3) is 0.379. The predicted octanol–water partition coefficient (Wildman–Crippen LogP) is 5.18. The molecule has 6 nitrogen and oxygen atoms in total. The molecule has 0 bridgehead atoms. The van der Waals surface area contributed by atoms with Gasteiger partial charge in [-0.2, -0.15) is 0 Å². The first kappa shape index (κ1) is 23.2. The van der Waals surface area contributed by atoms with E-state index < -0.39 is 6.04 Å². The van der Waals surface area contributed by atoms with Crippen LogP contribution in [0.25, 0.3) is 10.8 Å². The van der Waals surface area contributed by atoms with Crippen LogP contribution in [0.2, 0.25) is 0 Å². The summed E-state index contributed by atoms with van der Waals surface area (Å²) >= 11 is 0. The molecule has 35 heavy (non-hydrogen) atoms. The monoisotopic (exact) mass is 472 g/mol. The Morgan fingerprint density at radius 1 is 1.17 bits per heavy atom. The van der Waals surface area contributed by atoms with Crippen molar-refractivity contribution in [3.05, 3.63) is 65.7 Å². The van der Waals surface area contributed by atoms with Crippen LogP contribution in [0.1, 0.15) is 50.2 Å². The number of hydrogen-bond acceptors (Lipinski definition) is 4. The van der Waals surface area contributed by atoms with Crippen molar-refractivity contribution in [2.45, 2.75) is 51.6 Å². The van der Waals surface area contributed by atoms with Gasteiger partial charge in [-0.25, -0.2) is 0 Å². The lowest BCUT2D eigenvalue weighted by Crippen LogP contribution is -2.51. The molecule has 2 aliphatic rings. The molecule has 1 N–H and O–H groups in total. The Labute approximate surface area is 206 Å². The molecule has 3 aromatic rings. The third kappa shape index (κ3) is 4.57. The van der Waals surface area contributed by atoms with E-state index in [-0.39, 0.29) is 24.3 Å². The summed E-state index contributed by atoms with van der Waals surface area (Å²) in [4.78, 5) is 28.2. The average Bonchev–Trinajstić information content (AvgIpc) is 3.74. The molecule has 1 aliphatic carbocycles. The van der Waals surface area contributed by atoms with E-state index in [4.69, 9.17) is 9.47 Å². The first-order valence-electron chi connectivity index (χ1n) is 12.4. The number of rotatable bonds is 7. The number of nitrogens with zero attached hydrogens (tertiary/aromatic N) is 1. The van der Waals surface area contributed by atoms with Gasteiger partial charge >= 0.3 is 0 Å². The van der Waals surface area contributed by atoms with Crippen LogP contribution in [-0.2, 0) is 16.1 Å². The zero-order chi connectivity index (χ0) is 24.5. The predicted molar refractivity (Wildman–Crippen MR) is 137 cm³/mol. The van der Waals surface area contributed by atoms with Gasteiger partial charge < -0.3 is 19.7 Å². The van der Waals surface area contributed by atoms with Gasteiger partial charge in [-0.15, -0.1) is 0 Å². The van der Waals surface area contributed by atoms with Crippen molar-refractivity contribution in [2.24, 2.45) is 5.92 Å². The topological polar surface area (TPSA) is 67.9 Å². The summed E-state index contributed by atoms with van der Waals surface area (Å²) in [6.45, 7) is 4.21. The van der Waals surface area contributed by atoms with Crippen LogP contribution in [0.4, 0.5) is 5.69 Å². The molecule has 0 aromatic heterocycles. The summed E-state index contributed by atoms with van der Waals surface area (Å²) in [5.41, 5.74) is 2.99. The quantitative estimate of drug-likeness (QED) is 0.514. The van der Waals surface area contributed by atoms with Gasteiger partial charge in [0.05, 0.1) is 19.3 Å². The lowest BCUT2D eigenvalue weighted by atomic mass is 9.98. The maximum absolute atomic E-state index is 13.8. The summed E-state index contributed by atoms with van der Waals surface area (Å²) < 4.78 is 11.7. The lowest BCUT2D eigenvalue weighted by Gasteiger charge is -2.27. The number of hydrogen-bond donors (Lipinski definition) is 1. The number of benzene rings is 3. The van der Waals surface area contributed by atoms with Gasteiger partial charge in [-0.3, -0.25) is 9.59 Å². The molecular weight excluding hydrogens is 440 g/mol. The van der Waals surface area contributed by atoms with E-state index in [9.17, 15) is 9.59 Å². The van der Waals surface area contributed by atoms with E-state index in [1.165, 1.54) is 18.4 Å². The van der Waals surface area contributed by atoms with Crippen LogP contribution in [0.3, 0.4) is 0 Å². The van der Waals surface area contributed by atoms with Crippen LogP contribution in [-0.4, -0.2) is 31.6 Å². The highest BCUT2D eigenvalue weighted by atomic mass is 16.5. The largest absolute Gasteiger partial charge is 0.496 e.